The lowest BCUT2D eigenvalue weighted by Crippen LogP contribution is -2.51. The molecule has 1 aromatic heterocycles. The quantitative estimate of drug-likeness (QED) is 0.829. The van der Waals surface area contributed by atoms with Gasteiger partial charge < -0.3 is 20.4 Å². The van der Waals surface area contributed by atoms with Gasteiger partial charge in [-0.15, -0.1) is 0 Å². The number of hydrogen-bond acceptors (Lipinski definition) is 6. The Labute approximate surface area is 131 Å². The monoisotopic (exact) mass is 304 g/mol. The van der Waals surface area contributed by atoms with E-state index >= 15 is 0 Å². The summed E-state index contributed by atoms with van der Waals surface area (Å²) >= 11 is 0. The smallest absolute Gasteiger partial charge is 0.227 e. The van der Waals surface area contributed by atoms with Gasteiger partial charge in [0.15, 0.2) is 0 Å². The highest BCUT2D eigenvalue weighted by atomic mass is 16.2. The fourth-order valence-corrected chi connectivity index (χ4v) is 2.75. The Morgan fingerprint density at radius 3 is 2.64 bits per heavy atom. The normalized spacial score (nSPS) is 19.0. The highest BCUT2D eigenvalue weighted by Gasteiger charge is 2.23. The Hall–Kier alpha value is -1.89. The number of hydrogen-bond donors (Lipinski definition) is 2. The standard InChI is InChI=1S/C15H24N6O/c1-3-14(22)20-4-6-21(7-5-20)15-17-11(2)8-13(19-15)18-12-9-16-10-12/h8,12,16H,3-7,9-10H2,1-2H3,(H,17,18,19). The number of anilines is 2. The van der Waals surface area contributed by atoms with Crippen molar-refractivity contribution in [2.45, 2.75) is 26.3 Å². The van der Waals surface area contributed by atoms with Gasteiger partial charge in [0, 0.05) is 57.4 Å². The first-order valence-electron chi connectivity index (χ1n) is 8.01. The highest BCUT2D eigenvalue weighted by Crippen LogP contribution is 2.17. The van der Waals surface area contributed by atoms with Crippen LogP contribution in [0.15, 0.2) is 6.07 Å². The van der Waals surface area contributed by atoms with Crippen LogP contribution >= 0.6 is 0 Å². The highest BCUT2D eigenvalue weighted by molar-refractivity contribution is 5.76. The number of aromatic nitrogens is 2. The van der Waals surface area contributed by atoms with E-state index in [2.05, 4.69) is 25.5 Å². The maximum Gasteiger partial charge on any atom is 0.227 e. The van der Waals surface area contributed by atoms with Crippen LogP contribution in [0.2, 0.25) is 0 Å². The van der Waals surface area contributed by atoms with E-state index in [9.17, 15) is 4.79 Å². The third kappa shape index (κ3) is 3.30. The summed E-state index contributed by atoms with van der Waals surface area (Å²) in [6, 6.07) is 2.44. The van der Waals surface area contributed by atoms with Crippen molar-refractivity contribution in [1.29, 1.82) is 0 Å². The van der Waals surface area contributed by atoms with Crippen molar-refractivity contribution in [3.63, 3.8) is 0 Å². The lowest BCUT2D eigenvalue weighted by molar-refractivity contribution is -0.131. The molecule has 0 spiro atoms. The van der Waals surface area contributed by atoms with Crippen molar-refractivity contribution in [2.75, 3.05) is 49.5 Å². The minimum Gasteiger partial charge on any atom is -0.365 e. The van der Waals surface area contributed by atoms with Crippen LogP contribution in [0.25, 0.3) is 0 Å². The number of carbonyl (C=O) groups excluding carboxylic acids is 1. The van der Waals surface area contributed by atoms with Gasteiger partial charge >= 0.3 is 0 Å². The summed E-state index contributed by atoms with van der Waals surface area (Å²) in [6.07, 6.45) is 0.574. The molecule has 7 nitrogen and oxygen atoms in total. The number of aryl methyl sites for hydroxylation is 1. The summed E-state index contributed by atoms with van der Waals surface area (Å²) in [5.74, 6) is 1.88. The largest absolute Gasteiger partial charge is 0.365 e. The Morgan fingerprint density at radius 1 is 1.32 bits per heavy atom. The van der Waals surface area contributed by atoms with Crippen molar-refractivity contribution in [3.8, 4) is 0 Å². The third-order valence-corrected chi connectivity index (χ3v) is 4.19. The minimum absolute atomic E-state index is 0.227. The lowest BCUT2D eigenvalue weighted by atomic mass is 10.2. The number of rotatable bonds is 4. The molecule has 1 aromatic rings. The molecule has 0 atom stereocenters. The van der Waals surface area contributed by atoms with Crippen molar-refractivity contribution in [1.82, 2.24) is 20.2 Å². The van der Waals surface area contributed by atoms with Crippen molar-refractivity contribution in [2.24, 2.45) is 0 Å². The summed E-state index contributed by atoms with van der Waals surface area (Å²) in [6.45, 7) is 8.95. The molecule has 3 heterocycles. The van der Waals surface area contributed by atoms with Crippen LogP contribution in [0.1, 0.15) is 19.0 Å². The average molecular weight is 304 g/mol. The van der Waals surface area contributed by atoms with E-state index < -0.39 is 0 Å². The summed E-state index contributed by atoms with van der Waals surface area (Å²) in [5, 5.41) is 6.67. The second-order valence-electron chi connectivity index (χ2n) is 5.92. The first-order chi connectivity index (χ1) is 10.7. The molecule has 0 saturated carbocycles. The molecule has 2 fully saturated rings. The molecule has 2 aliphatic rings. The summed E-state index contributed by atoms with van der Waals surface area (Å²) < 4.78 is 0. The van der Waals surface area contributed by atoms with Crippen LogP contribution < -0.4 is 15.5 Å². The molecule has 22 heavy (non-hydrogen) atoms. The summed E-state index contributed by atoms with van der Waals surface area (Å²) in [7, 11) is 0. The average Bonchev–Trinajstić information content (AvgIpc) is 2.50. The molecule has 2 aliphatic heterocycles. The molecule has 120 valence electrons. The molecule has 3 rings (SSSR count). The van der Waals surface area contributed by atoms with E-state index in [1.54, 1.807) is 0 Å². The molecular weight excluding hydrogens is 280 g/mol. The van der Waals surface area contributed by atoms with Gasteiger partial charge in [-0.05, 0) is 6.92 Å². The van der Waals surface area contributed by atoms with E-state index in [-0.39, 0.29) is 5.91 Å². The van der Waals surface area contributed by atoms with E-state index in [0.717, 1.165) is 56.7 Å². The van der Waals surface area contributed by atoms with Crippen molar-refractivity contribution >= 4 is 17.7 Å². The van der Waals surface area contributed by atoms with Crippen LogP contribution in [0.3, 0.4) is 0 Å². The van der Waals surface area contributed by atoms with E-state index in [1.807, 2.05) is 24.8 Å². The van der Waals surface area contributed by atoms with Gasteiger partial charge in [-0.25, -0.2) is 4.98 Å². The molecule has 1 amide bonds. The Morgan fingerprint density at radius 2 is 2.05 bits per heavy atom. The van der Waals surface area contributed by atoms with Crippen LogP contribution in [0.5, 0.6) is 0 Å². The molecule has 0 radical (unpaired) electrons. The van der Waals surface area contributed by atoms with Crippen LogP contribution in [0.4, 0.5) is 11.8 Å². The Bertz CT molecular complexity index is 537. The number of nitrogens with one attached hydrogen (secondary N) is 2. The topological polar surface area (TPSA) is 73.4 Å². The fourth-order valence-electron chi connectivity index (χ4n) is 2.75. The van der Waals surface area contributed by atoms with E-state index in [0.29, 0.717) is 12.5 Å². The molecule has 0 unspecified atom stereocenters. The zero-order valence-corrected chi connectivity index (χ0v) is 13.3. The second kappa shape index (κ2) is 6.48. The maximum absolute atomic E-state index is 11.7. The van der Waals surface area contributed by atoms with Gasteiger partial charge in [0.2, 0.25) is 11.9 Å². The molecule has 2 N–H and O–H groups in total. The fraction of sp³-hybridized carbons (Fsp3) is 0.667. The lowest BCUT2D eigenvalue weighted by Gasteiger charge is -2.35. The van der Waals surface area contributed by atoms with Crippen molar-refractivity contribution in [3.05, 3.63) is 11.8 Å². The summed E-state index contributed by atoms with van der Waals surface area (Å²) in [5.41, 5.74) is 0.965. The molecule has 2 saturated heterocycles. The third-order valence-electron chi connectivity index (χ3n) is 4.19. The molecule has 0 bridgehead atoms. The van der Waals surface area contributed by atoms with Gasteiger partial charge in [0.1, 0.15) is 5.82 Å². The molecule has 7 heteroatoms. The van der Waals surface area contributed by atoms with E-state index in [4.69, 9.17) is 0 Å². The predicted molar refractivity (Wildman–Crippen MR) is 86.1 cm³/mol. The Kier molecular flexibility index (Phi) is 4.42. The molecule has 0 aliphatic carbocycles. The minimum atomic E-state index is 0.227. The van der Waals surface area contributed by atoms with Gasteiger partial charge in [0.05, 0.1) is 6.04 Å². The zero-order valence-electron chi connectivity index (χ0n) is 13.3. The first kappa shape index (κ1) is 15.0. The summed E-state index contributed by atoms with van der Waals surface area (Å²) in [4.78, 5) is 25.0. The number of amides is 1. The van der Waals surface area contributed by atoms with Gasteiger partial charge in [0.25, 0.3) is 0 Å². The molecule has 0 aromatic carbocycles. The van der Waals surface area contributed by atoms with Gasteiger partial charge in [-0.2, -0.15) is 4.98 Å². The maximum atomic E-state index is 11.7. The van der Waals surface area contributed by atoms with Gasteiger partial charge in [-0.1, -0.05) is 6.92 Å². The first-order valence-corrected chi connectivity index (χ1v) is 8.01. The van der Waals surface area contributed by atoms with E-state index in [1.165, 1.54) is 0 Å². The number of carbonyl (C=O) groups is 1. The SMILES string of the molecule is CCC(=O)N1CCN(c2nc(C)cc(NC3CNC3)n2)CC1. The Balaban J connectivity index is 1.65. The second-order valence-corrected chi connectivity index (χ2v) is 5.92. The molecular formula is C15H24N6O. The van der Waals surface area contributed by atoms with Crippen LogP contribution in [0, 0.1) is 6.92 Å². The zero-order chi connectivity index (χ0) is 15.5. The number of piperazine rings is 1. The van der Waals surface area contributed by atoms with Crippen LogP contribution in [-0.4, -0.2) is 66.1 Å². The van der Waals surface area contributed by atoms with Gasteiger partial charge in [-0.3, -0.25) is 4.79 Å². The van der Waals surface area contributed by atoms with Crippen LogP contribution in [-0.2, 0) is 4.79 Å². The van der Waals surface area contributed by atoms with Crippen molar-refractivity contribution < 1.29 is 4.79 Å². The predicted octanol–water partition coefficient (Wildman–Crippen LogP) is 0.227. The number of nitrogens with zero attached hydrogens (tertiary/aromatic N) is 4.